The largest absolute Gasteiger partial charge is 0.477 e. The summed E-state index contributed by atoms with van der Waals surface area (Å²) in [6, 6.07) is 0.0468. The molecule has 3 N–H and O–H groups in total. The average Bonchev–Trinajstić information content (AvgIpc) is 2.97. The van der Waals surface area contributed by atoms with Crippen LogP contribution in [0.2, 0.25) is 0 Å². The van der Waals surface area contributed by atoms with E-state index in [1.165, 1.54) is 7.05 Å². The number of likely N-dealkylation sites (N-methyl/N-ethyl adjacent to an activating group) is 1. The number of morpholine rings is 1. The highest BCUT2D eigenvalue weighted by atomic mass is 32.2. The third-order valence-electron chi connectivity index (χ3n) is 3.12. The number of aromatic carboxylic acids is 1. The fraction of sp³-hybridized carbons (Fsp3) is 0.455. The van der Waals surface area contributed by atoms with Crippen LogP contribution in [0, 0.1) is 0 Å². The van der Waals surface area contributed by atoms with Crippen LogP contribution in [-0.4, -0.2) is 67.5 Å². The zero-order valence-electron chi connectivity index (χ0n) is 11.2. The van der Waals surface area contributed by atoms with Crippen molar-refractivity contribution < 1.29 is 27.9 Å². The SMILES string of the molecule is CNC(=O)C1COCCN1S(=O)(=O)c1c[nH]c(C(=O)O)c1. The number of hydrogen-bond acceptors (Lipinski definition) is 5. The van der Waals surface area contributed by atoms with Gasteiger partial charge in [0.05, 0.1) is 13.2 Å². The first-order valence-electron chi connectivity index (χ1n) is 6.11. The van der Waals surface area contributed by atoms with Crippen LogP contribution in [0.4, 0.5) is 0 Å². The molecule has 0 bridgehead atoms. The number of aromatic amines is 1. The van der Waals surface area contributed by atoms with Crippen molar-refractivity contribution in [3.63, 3.8) is 0 Å². The number of aromatic nitrogens is 1. The van der Waals surface area contributed by atoms with Crippen LogP contribution in [0.3, 0.4) is 0 Å². The fourth-order valence-corrected chi connectivity index (χ4v) is 3.58. The number of ether oxygens (including phenoxy) is 1. The zero-order valence-corrected chi connectivity index (χ0v) is 12.0. The van der Waals surface area contributed by atoms with Gasteiger partial charge in [-0.05, 0) is 6.07 Å². The summed E-state index contributed by atoms with van der Waals surface area (Å²) in [5.41, 5.74) is -0.238. The smallest absolute Gasteiger partial charge is 0.352 e. The molecule has 21 heavy (non-hydrogen) atoms. The first-order valence-corrected chi connectivity index (χ1v) is 7.55. The number of sulfonamides is 1. The second kappa shape index (κ2) is 5.84. The van der Waals surface area contributed by atoms with Crippen LogP contribution in [0.1, 0.15) is 10.5 Å². The minimum Gasteiger partial charge on any atom is -0.477 e. The normalized spacial score (nSPS) is 20.1. The van der Waals surface area contributed by atoms with Gasteiger partial charge in [-0.1, -0.05) is 0 Å². The van der Waals surface area contributed by atoms with E-state index in [2.05, 4.69) is 10.3 Å². The minimum absolute atomic E-state index is 0.0218. The molecule has 10 heteroatoms. The topological polar surface area (TPSA) is 129 Å². The molecule has 0 aliphatic carbocycles. The van der Waals surface area contributed by atoms with E-state index in [0.717, 1.165) is 16.6 Å². The summed E-state index contributed by atoms with van der Waals surface area (Å²) in [6.07, 6.45) is 1.09. The monoisotopic (exact) mass is 317 g/mol. The van der Waals surface area contributed by atoms with Crippen molar-refractivity contribution in [2.24, 2.45) is 0 Å². The predicted octanol–water partition coefficient (Wildman–Crippen LogP) is -1.15. The van der Waals surface area contributed by atoms with Crippen molar-refractivity contribution in [1.29, 1.82) is 0 Å². The number of H-pyrrole nitrogens is 1. The van der Waals surface area contributed by atoms with E-state index in [4.69, 9.17) is 9.84 Å². The maximum atomic E-state index is 12.5. The predicted molar refractivity (Wildman–Crippen MR) is 70.3 cm³/mol. The van der Waals surface area contributed by atoms with Gasteiger partial charge in [-0.15, -0.1) is 0 Å². The fourth-order valence-electron chi connectivity index (χ4n) is 2.03. The maximum Gasteiger partial charge on any atom is 0.352 e. The van der Waals surface area contributed by atoms with Gasteiger partial charge in [0, 0.05) is 19.8 Å². The number of carbonyl (C=O) groups is 2. The van der Waals surface area contributed by atoms with Crippen LogP contribution in [0.25, 0.3) is 0 Å². The van der Waals surface area contributed by atoms with Gasteiger partial charge < -0.3 is 20.1 Å². The highest BCUT2D eigenvalue weighted by Gasteiger charge is 2.38. The van der Waals surface area contributed by atoms with E-state index in [1.54, 1.807) is 0 Å². The first kappa shape index (κ1) is 15.5. The van der Waals surface area contributed by atoms with E-state index in [0.29, 0.717) is 0 Å². The van der Waals surface area contributed by atoms with E-state index in [9.17, 15) is 18.0 Å². The summed E-state index contributed by atoms with van der Waals surface area (Å²) >= 11 is 0. The lowest BCUT2D eigenvalue weighted by Gasteiger charge is -2.32. The zero-order chi connectivity index (χ0) is 15.6. The molecule has 0 radical (unpaired) electrons. The second-order valence-electron chi connectivity index (χ2n) is 4.37. The van der Waals surface area contributed by atoms with Crippen molar-refractivity contribution in [2.45, 2.75) is 10.9 Å². The first-order chi connectivity index (χ1) is 9.87. The molecule has 1 saturated heterocycles. The molecule has 1 aromatic rings. The lowest BCUT2D eigenvalue weighted by molar-refractivity contribution is -0.128. The van der Waals surface area contributed by atoms with Gasteiger partial charge in [-0.3, -0.25) is 4.79 Å². The molecule has 0 spiro atoms. The Morgan fingerprint density at radius 2 is 2.24 bits per heavy atom. The Balaban J connectivity index is 2.35. The number of carboxylic acids is 1. The number of rotatable bonds is 4. The van der Waals surface area contributed by atoms with Crippen molar-refractivity contribution in [1.82, 2.24) is 14.6 Å². The van der Waals surface area contributed by atoms with Gasteiger partial charge in [0.1, 0.15) is 16.6 Å². The van der Waals surface area contributed by atoms with Gasteiger partial charge >= 0.3 is 5.97 Å². The Labute approximate surface area is 120 Å². The molecular weight excluding hydrogens is 302 g/mol. The summed E-state index contributed by atoms with van der Waals surface area (Å²) in [7, 11) is -2.58. The quantitative estimate of drug-likeness (QED) is 0.643. The Hall–Kier alpha value is -1.91. The third kappa shape index (κ3) is 2.91. The molecular formula is C11H15N3O6S. The molecule has 1 unspecified atom stereocenters. The number of amides is 1. The number of carbonyl (C=O) groups excluding carboxylic acids is 1. The van der Waals surface area contributed by atoms with E-state index in [1.807, 2.05) is 0 Å². The molecule has 2 heterocycles. The molecule has 0 aromatic carbocycles. The lowest BCUT2D eigenvalue weighted by atomic mass is 10.2. The summed E-state index contributed by atoms with van der Waals surface area (Å²) < 4.78 is 31.2. The lowest BCUT2D eigenvalue weighted by Crippen LogP contribution is -2.55. The van der Waals surface area contributed by atoms with Crippen LogP contribution >= 0.6 is 0 Å². The second-order valence-corrected chi connectivity index (χ2v) is 6.27. The van der Waals surface area contributed by atoms with Crippen LogP contribution in [-0.2, 0) is 19.6 Å². The highest BCUT2D eigenvalue weighted by molar-refractivity contribution is 7.89. The standard InChI is InChI=1S/C11H15N3O6S/c1-12-10(15)9-6-20-3-2-14(9)21(18,19)7-4-8(11(16)17)13-5-7/h4-5,9,13H,2-3,6H2,1H3,(H,12,15)(H,16,17). The molecule has 1 amide bonds. The molecule has 0 saturated carbocycles. The van der Waals surface area contributed by atoms with Crippen LogP contribution < -0.4 is 5.32 Å². The number of hydrogen-bond donors (Lipinski definition) is 3. The molecule has 116 valence electrons. The molecule has 1 aromatic heterocycles. The van der Waals surface area contributed by atoms with E-state index < -0.39 is 27.9 Å². The van der Waals surface area contributed by atoms with Gasteiger partial charge in [0.2, 0.25) is 15.9 Å². The van der Waals surface area contributed by atoms with Gasteiger partial charge in [0.15, 0.2) is 0 Å². The number of nitrogens with zero attached hydrogens (tertiary/aromatic N) is 1. The van der Waals surface area contributed by atoms with Crippen molar-refractivity contribution in [3.8, 4) is 0 Å². The van der Waals surface area contributed by atoms with Crippen molar-refractivity contribution >= 4 is 21.9 Å². The molecule has 1 atom stereocenters. The van der Waals surface area contributed by atoms with Crippen molar-refractivity contribution in [2.75, 3.05) is 26.8 Å². The summed E-state index contributed by atoms with van der Waals surface area (Å²) in [5, 5.41) is 11.2. The third-order valence-corrected chi connectivity index (χ3v) is 5.01. The van der Waals surface area contributed by atoms with E-state index >= 15 is 0 Å². The van der Waals surface area contributed by atoms with E-state index in [-0.39, 0.29) is 30.3 Å². The van der Waals surface area contributed by atoms with Gasteiger partial charge in [0.25, 0.3) is 0 Å². The van der Waals surface area contributed by atoms with Gasteiger partial charge in [-0.25, -0.2) is 13.2 Å². The Morgan fingerprint density at radius 1 is 1.52 bits per heavy atom. The number of nitrogens with one attached hydrogen (secondary N) is 2. The maximum absolute atomic E-state index is 12.5. The molecule has 9 nitrogen and oxygen atoms in total. The highest BCUT2D eigenvalue weighted by Crippen LogP contribution is 2.21. The van der Waals surface area contributed by atoms with Gasteiger partial charge in [-0.2, -0.15) is 4.31 Å². The average molecular weight is 317 g/mol. The molecule has 1 aliphatic heterocycles. The summed E-state index contributed by atoms with van der Waals surface area (Å²) in [5.74, 6) is -1.74. The Morgan fingerprint density at radius 3 is 2.81 bits per heavy atom. The summed E-state index contributed by atoms with van der Waals surface area (Å²) in [6.45, 7) is 0.145. The Kier molecular flexibility index (Phi) is 4.30. The Bertz CT molecular complexity index is 653. The summed E-state index contributed by atoms with van der Waals surface area (Å²) in [4.78, 5) is 24.8. The van der Waals surface area contributed by atoms with Crippen LogP contribution in [0.15, 0.2) is 17.2 Å². The van der Waals surface area contributed by atoms with Crippen LogP contribution in [0.5, 0.6) is 0 Å². The molecule has 1 aliphatic rings. The van der Waals surface area contributed by atoms with Crippen molar-refractivity contribution in [3.05, 3.63) is 18.0 Å². The molecule has 2 rings (SSSR count). The number of carboxylic acid groups (broad SMARTS) is 1. The minimum atomic E-state index is -3.98. The molecule has 1 fully saturated rings.